The SMILES string of the molecule is CCCCCCCCCCCC(=O)N(C)[C@H](CO)C(=O)N[C@H](C)C(=O)NCC(=O)N(C)C1C(=O)N[C@@H](C)C(=O)NC(C(=O)O)Cc2ccc(O)c(c2)-c2cc1ccc2O. The number of rotatable bonds is 19. The first-order valence-electron chi connectivity index (χ1n) is 20.2. The molecule has 0 saturated heterocycles. The third-order valence-electron chi connectivity index (χ3n) is 10.5. The second-order valence-electron chi connectivity index (χ2n) is 15.1. The molecule has 4 bridgehead atoms. The molecule has 1 heterocycles. The molecular weight excluding hydrogens is 764 g/mol. The van der Waals surface area contributed by atoms with Crippen LogP contribution in [0, 0.1) is 0 Å². The highest BCUT2D eigenvalue weighted by atomic mass is 16.4. The molecule has 0 saturated carbocycles. The molecule has 0 fully saturated rings. The van der Waals surface area contributed by atoms with Gasteiger partial charge in [-0.05, 0) is 55.7 Å². The number of nitrogens with one attached hydrogen (secondary N) is 4. The van der Waals surface area contributed by atoms with E-state index in [-0.39, 0.29) is 46.9 Å². The fourth-order valence-electron chi connectivity index (χ4n) is 6.78. The summed E-state index contributed by atoms with van der Waals surface area (Å²) in [5, 5.41) is 51.1. The van der Waals surface area contributed by atoms with Crippen molar-refractivity contribution in [2.45, 2.75) is 122 Å². The molecule has 0 spiro atoms. The van der Waals surface area contributed by atoms with Crippen molar-refractivity contribution in [2.75, 3.05) is 27.2 Å². The van der Waals surface area contributed by atoms with E-state index in [1.54, 1.807) is 0 Å². The highest BCUT2D eigenvalue weighted by Crippen LogP contribution is 2.38. The number of likely N-dealkylation sites (N-methyl/N-ethyl adjacent to an activating group) is 2. The van der Waals surface area contributed by atoms with Gasteiger partial charge in [0, 0.05) is 38.1 Å². The first-order valence-corrected chi connectivity index (χ1v) is 20.2. The van der Waals surface area contributed by atoms with Gasteiger partial charge < -0.3 is 51.5 Å². The Balaban J connectivity index is 1.70. The van der Waals surface area contributed by atoms with E-state index in [0.717, 1.165) is 35.5 Å². The summed E-state index contributed by atoms with van der Waals surface area (Å²) < 4.78 is 0. The van der Waals surface area contributed by atoms with Crippen molar-refractivity contribution in [3.8, 4) is 22.6 Å². The van der Waals surface area contributed by atoms with E-state index in [1.807, 2.05) is 0 Å². The summed E-state index contributed by atoms with van der Waals surface area (Å²) in [6.07, 6.45) is 9.70. The highest BCUT2D eigenvalue weighted by molar-refractivity contribution is 5.96. The molecule has 324 valence electrons. The third-order valence-corrected chi connectivity index (χ3v) is 10.5. The number of carbonyl (C=O) groups excluding carboxylic acids is 6. The van der Waals surface area contributed by atoms with Crippen molar-refractivity contribution in [2.24, 2.45) is 0 Å². The number of aliphatic carboxylic acids is 1. The molecule has 6 amide bonds. The number of benzene rings is 2. The number of hydrogen-bond acceptors (Lipinski definition) is 10. The largest absolute Gasteiger partial charge is 0.507 e. The lowest BCUT2D eigenvalue weighted by molar-refractivity contribution is -0.143. The molecule has 0 aliphatic carbocycles. The van der Waals surface area contributed by atoms with Crippen LogP contribution in [0.25, 0.3) is 11.1 Å². The number of nitrogens with zero attached hydrogens (tertiary/aromatic N) is 2. The van der Waals surface area contributed by atoms with Crippen LogP contribution in [0.4, 0.5) is 0 Å². The summed E-state index contributed by atoms with van der Waals surface area (Å²) in [5.74, 6) is -6.25. The van der Waals surface area contributed by atoms with E-state index >= 15 is 0 Å². The Morgan fingerprint density at radius 2 is 1.41 bits per heavy atom. The number of hydrogen-bond donors (Lipinski definition) is 8. The molecule has 17 nitrogen and oxygen atoms in total. The Morgan fingerprint density at radius 1 is 0.814 bits per heavy atom. The van der Waals surface area contributed by atoms with E-state index in [4.69, 9.17) is 0 Å². The average Bonchev–Trinajstić information content (AvgIpc) is 3.19. The Morgan fingerprint density at radius 3 is 2.02 bits per heavy atom. The molecule has 0 aromatic heterocycles. The topological polar surface area (TPSA) is 255 Å². The number of carbonyl (C=O) groups is 7. The Labute approximate surface area is 344 Å². The Kier molecular flexibility index (Phi) is 18.6. The van der Waals surface area contributed by atoms with Crippen molar-refractivity contribution >= 4 is 41.4 Å². The number of carboxylic acids is 1. The van der Waals surface area contributed by atoms with Gasteiger partial charge in [0.1, 0.15) is 41.7 Å². The van der Waals surface area contributed by atoms with Crippen LogP contribution in [0.1, 0.15) is 102 Å². The zero-order valence-electron chi connectivity index (χ0n) is 34.6. The first kappa shape index (κ1) is 47.7. The van der Waals surface area contributed by atoms with Crippen molar-refractivity contribution in [1.29, 1.82) is 0 Å². The quantitative estimate of drug-likeness (QED) is 0.0954. The van der Waals surface area contributed by atoms with Gasteiger partial charge in [-0.2, -0.15) is 0 Å². The molecular formula is C42H60N6O11. The molecule has 1 aliphatic heterocycles. The van der Waals surface area contributed by atoms with Crippen LogP contribution in [0.5, 0.6) is 11.5 Å². The number of aliphatic hydroxyl groups is 1. The minimum atomic E-state index is -1.47. The van der Waals surface area contributed by atoms with E-state index in [1.165, 1.54) is 90.0 Å². The van der Waals surface area contributed by atoms with Crippen LogP contribution in [-0.4, -0.2) is 123 Å². The summed E-state index contributed by atoms with van der Waals surface area (Å²) in [4.78, 5) is 93.7. The van der Waals surface area contributed by atoms with Gasteiger partial charge in [-0.3, -0.25) is 28.8 Å². The van der Waals surface area contributed by atoms with Crippen LogP contribution >= 0.6 is 0 Å². The Bertz CT molecular complexity index is 1820. The fraction of sp³-hybridized carbons (Fsp3) is 0.548. The molecule has 1 aliphatic rings. The second kappa shape index (κ2) is 23.0. The summed E-state index contributed by atoms with van der Waals surface area (Å²) >= 11 is 0. The van der Waals surface area contributed by atoms with Gasteiger partial charge in [0.15, 0.2) is 0 Å². The minimum absolute atomic E-state index is 0.0661. The molecule has 2 aromatic carbocycles. The van der Waals surface area contributed by atoms with Crippen LogP contribution in [0.3, 0.4) is 0 Å². The van der Waals surface area contributed by atoms with Crippen LogP contribution in [0.15, 0.2) is 36.4 Å². The normalized spacial score (nSPS) is 17.6. The lowest BCUT2D eigenvalue weighted by atomic mass is 9.94. The minimum Gasteiger partial charge on any atom is -0.507 e. The number of phenolic OH excluding ortho intramolecular Hbond substituents is 2. The van der Waals surface area contributed by atoms with Crippen molar-refractivity contribution in [1.82, 2.24) is 31.1 Å². The van der Waals surface area contributed by atoms with E-state index < -0.39 is 78.9 Å². The number of amides is 6. The van der Waals surface area contributed by atoms with Crippen molar-refractivity contribution in [3.05, 3.63) is 47.5 Å². The fourth-order valence-corrected chi connectivity index (χ4v) is 6.78. The highest BCUT2D eigenvalue weighted by Gasteiger charge is 2.34. The number of carboxylic acid groups (broad SMARTS) is 1. The van der Waals surface area contributed by atoms with E-state index in [2.05, 4.69) is 28.2 Å². The van der Waals surface area contributed by atoms with Gasteiger partial charge in [-0.1, -0.05) is 70.4 Å². The van der Waals surface area contributed by atoms with Gasteiger partial charge in [-0.25, -0.2) is 4.79 Å². The summed E-state index contributed by atoms with van der Waals surface area (Å²) in [6.45, 7) is 3.53. The van der Waals surface area contributed by atoms with Gasteiger partial charge in [0.2, 0.25) is 35.4 Å². The van der Waals surface area contributed by atoms with Gasteiger partial charge >= 0.3 is 5.97 Å². The van der Waals surface area contributed by atoms with Crippen LogP contribution in [-0.2, 0) is 40.0 Å². The maximum absolute atomic E-state index is 13.8. The van der Waals surface area contributed by atoms with E-state index in [0.29, 0.717) is 12.0 Å². The van der Waals surface area contributed by atoms with Gasteiger partial charge in [0.25, 0.3) is 0 Å². The number of fused-ring (bicyclic) bond motifs is 5. The summed E-state index contributed by atoms with van der Waals surface area (Å²) in [5.41, 5.74) is 0.724. The lowest BCUT2D eigenvalue weighted by Crippen LogP contribution is -2.55. The maximum Gasteiger partial charge on any atom is 0.326 e. The van der Waals surface area contributed by atoms with Crippen molar-refractivity contribution < 1.29 is 54.0 Å². The zero-order chi connectivity index (χ0) is 43.8. The van der Waals surface area contributed by atoms with Gasteiger partial charge in [-0.15, -0.1) is 0 Å². The molecule has 2 unspecified atom stereocenters. The number of unbranched alkanes of at least 4 members (excludes halogenated alkanes) is 8. The summed E-state index contributed by atoms with van der Waals surface area (Å²) in [7, 11) is 2.68. The third kappa shape index (κ3) is 13.7. The average molecular weight is 825 g/mol. The molecule has 59 heavy (non-hydrogen) atoms. The summed E-state index contributed by atoms with van der Waals surface area (Å²) in [6, 6.07) is 1.62. The monoisotopic (exact) mass is 824 g/mol. The molecule has 3 rings (SSSR count). The van der Waals surface area contributed by atoms with Crippen LogP contribution < -0.4 is 21.3 Å². The number of phenols is 2. The smallest absolute Gasteiger partial charge is 0.326 e. The lowest BCUT2D eigenvalue weighted by Gasteiger charge is -2.30. The Hall–Kier alpha value is -5.71. The van der Waals surface area contributed by atoms with Gasteiger partial charge in [0.05, 0.1) is 13.2 Å². The zero-order valence-corrected chi connectivity index (χ0v) is 34.6. The number of aliphatic hydroxyl groups excluding tert-OH is 1. The van der Waals surface area contributed by atoms with E-state index in [9.17, 15) is 54.0 Å². The molecule has 0 radical (unpaired) electrons. The predicted molar refractivity (Wildman–Crippen MR) is 218 cm³/mol. The molecule has 2 aromatic rings. The molecule has 5 atom stereocenters. The maximum atomic E-state index is 13.8. The van der Waals surface area contributed by atoms with Crippen molar-refractivity contribution in [3.63, 3.8) is 0 Å². The molecule has 17 heteroatoms. The first-order chi connectivity index (χ1) is 28.0. The van der Waals surface area contributed by atoms with Crippen LogP contribution in [0.2, 0.25) is 0 Å². The second-order valence-corrected chi connectivity index (χ2v) is 15.1. The number of aromatic hydroxyl groups is 2. The molecule has 8 N–H and O–H groups in total. The predicted octanol–water partition coefficient (Wildman–Crippen LogP) is 2.26. The standard InChI is InChI=1S/C42H60N6O11/c1-6-7-8-9-10-11-12-13-14-15-35(52)47(4)32(24-49)40(56)44-25(2)38(54)43-23-36(53)48(5)37-28-17-19-34(51)30(22-28)29-20-27(16-18-33(29)50)21-31(42(58)59)46-39(55)26(3)45-41(37)57/h16-20,22,25-26,31-32,37,49-51H,6-15,21,23-24H2,1-5H3,(H,43,54)(H,44,56)(H,45,57)(H,46,55)(H,58,59)/t25-,26+,31?,32-,37?/m1/s1.